The minimum atomic E-state index is -0.620. The van der Waals surface area contributed by atoms with Crippen LogP contribution < -0.4 is 0 Å². The van der Waals surface area contributed by atoms with Crippen molar-refractivity contribution in [3.63, 3.8) is 0 Å². The number of phenolic OH excluding ortho intramolecular Hbond substituents is 1. The Morgan fingerprint density at radius 2 is 2.00 bits per heavy atom. The molecule has 18 heavy (non-hydrogen) atoms. The van der Waals surface area contributed by atoms with Crippen LogP contribution in [0.25, 0.3) is 5.76 Å². The van der Waals surface area contributed by atoms with Crippen molar-refractivity contribution in [3.05, 3.63) is 57.5 Å². The molecule has 5 heteroatoms. The van der Waals surface area contributed by atoms with Crippen molar-refractivity contribution in [1.82, 2.24) is 0 Å². The molecule has 0 aliphatic carbocycles. The first-order chi connectivity index (χ1) is 8.65. The predicted octanol–water partition coefficient (Wildman–Crippen LogP) is 1.64. The van der Waals surface area contributed by atoms with Gasteiger partial charge in [-0.3, -0.25) is 0 Å². The molecule has 0 saturated heterocycles. The molecule has 0 bridgehead atoms. The number of aliphatic hydroxyl groups is 1. The van der Waals surface area contributed by atoms with Gasteiger partial charge in [-0.15, -0.1) is 0 Å². The second-order valence-corrected chi connectivity index (χ2v) is 5.55. The number of hydrogen-bond donors (Lipinski definition) is 2. The van der Waals surface area contributed by atoms with Gasteiger partial charge in [0.1, 0.15) is 0 Å². The Kier molecular flexibility index (Phi) is 3.90. The van der Waals surface area contributed by atoms with E-state index in [1.165, 1.54) is 24.3 Å². The molecule has 0 saturated carbocycles. The SMILES string of the molecule is O=C(/C=C(\O)c1ccc(O)cc1)OC1=C[AsH]C=C1. The number of rotatable bonds is 3. The maximum absolute atomic E-state index is 11.5. The van der Waals surface area contributed by atoms with Gasteiger partial charge in [0.25, 0.3) is 0 Å². The number of phenols is 1. The van der Waals surface area contributed by atoms with Crippen LogP contribution in [0.2, 0.25) is 0 Å². The van der Waals surface area contributed by atoms with E-state index in [-0.39, 0.29) is 27.3 Å². The third-order valence-corrected chi connectivity index (χ3v) is 3.91. The van der Waals surface area contributed by atoms with Gasteiger partial charge >= 0.3 is 110 Å². The van der Waals surface area contributed by atoms with Crippen LogP contribution in [0.5, 0.6) is 5.75 Å². The van der Waals surface area contributed by atoms with Crippen LogP contribution in [0, 0.1) is 0 Å². The fraction of sp³-hybridized carbons (Fsp3) is 0. The Bertz CT molecular complexity index is 541. The summed E-state index contributed by atoms with van der Waals surface area (Å²) in [5, 5.41) is 18.8. The first-order valence-electron chi connectivity index (χ1n) is 5.20. The number of aromatic hydroxyl groups is 1. The van der Waals surface area contributed by atoms with Gasteiger partial charge in [0.2, 0.25) is 0 Å². The molecule has 1 heterocycles. The first-order valence-corrected chi connectivity index (χ1v) is 7.62. The molecule has 0 aromatic heterocycles. The van der Waals surface area contributed by atoms with E-state index in [1.807, 2.05) is 9.73 Å². The van der Waals surface area contributed by atoms with Crippen LogP contribution in [-0.4, -0.2) is 31.9 Å². The van der Waals surface area contributed by atoms with Crippen LogP contribution in [-0.2, 0) is 9.53 Å². The number of ether oxygens (including phenoxy) is 1. The first kappa shape index (κ1) is 12.5. The third-order valence-electron chi connectivity index (χ3n) is 2.21. The van der Waals surface area contributed by atoms with Crippen molar-refractivity contribution in [2.24, 2.45) is 0 Å². The van der Waals surface area contributed by atoms with Crippen molar-refractivity contribution in [2.75, 3.05) is 0 Å². The molecule has 4 nitrogen and oxygen atoms in total. The molecule has 1 aromatic rings. The summed E-state index contributed by atoms with van der Waals surface area (Å²) < 4.78 is 5.01. The Labute approximate surface area is 111 Å². The van der Waals surface area contributed by atoms with Crippen molar-refractivity contribution in [3.8, 4) is 5.75 Å². The molecular weight excluding hydrogens is 295 g/mol. The number of benzene rings is 1. The average molecular weight is 306 g/mol. The maximum atomic E-state index is 11.5. The topological polar surface area (TPSA) is 66.8 Å². The van der Waals surface area contributed by atoms with Crippen LogP contribution in [0.3, 0.4) is 0 Å². The summed E-state index contributed by atoms with van der Waals surface area (Å²) in [7, 11) is 0. The van der Waals surface area contributed by atoms with E-state index < -0.39 is 5.97 Å². The standard InChI is InChI=1S/C13H11AsO4/c15-10-3-1-9(2-4-10)12(16)7-13(17)18-11-5-6-14-8-11/h1-8,14-16H/b12-7-. The fourth-order valence-corrected chi connectivity index (χ4v) is 2.76. The molecule has 0 amide bonds. The number of hydrogen-bond acceptors (Lipinski definition) is 4. The zero-order valence-electron chi connectivity index (χ0n) is 9.33. The van der Waals surface area contributed by atoms with Gasteiger partial charge in [-0.2, -0.15) is 0 Å². The van der Waals surface area contributed by atoms with Gasteiger partial charge in [-0.1, -0.05) is 0 Å². The monoisotopic (exact) mass is 306 g/mol. The molecule has 2 rings (SSSR count). The van der Waals surface area contributed by atoms with E-state index in [1.54, 1.807) is 6.08 Å². The number of allylic oxidation sites excluding steroid dienone is 1. The van der Waals surface area contributed by atoms with Gasteiger partial charge in [-0.05, 0) is 0 Å². The van der Waals surface area contributed by atoms with Gasteiger partial charge in [0.05, 0.1) is 0 Å². The summed E-state index contributed by atoms with van der Waals surface area (Å²) in [6, 6.07) is 5.88. The van der Waals surface area contributed by atoms with Crippen LogP contribution in [0.4, 0.5) is 0 Å². The van der Waals surface area contributed by atoms with E-state index in [4.69, 9.17) is 9.84 Å². The number of aliphatic hydroxyl groups excluding tert-OH is 1. The van der Waals surface area contributed by atoms with Crippen LogP contribution in [0.15, 0.2) is 51.9 Å². The van der Waals surface area contributed by atoms with Gasteiger partial charge < -0.3 is 0 Å². The van der Waals surface area contributed by atoms with E-state index in [2.05, 4.69) is 0 Å². The molecule has 0 radical (unpaired) electrons. The molecule has 1 aliphatic heterocycles. The van der Waals surface area contributed by atoms with Crippen molar-refractivity contribution >= 4 is 27.5 Å². The molecule has 92 valence electrons. The normalized spacial score (nSPS) is 15.8. The Balaban J connectivity index is 2.05. The molecule has 1 aliphatic rings. The second kappa shape index (κ2) is 5.60. The molecular formula is C13H11AsO4. The summed E-state index contributed by atoms with van der Waals surface area (Å²) in [5.74, 6) is -0.182. The summed E-state index contributed by atoms with van der Waals surface area (Å²) in [4.78, 5) is 15.4. The quantitative estimate of drug-likeness (QED) is 0.386. The number of esters is 1. The third kappa shape index (κ3) is 3.28. The van der Waals surface area contributed by atoms with E-state index >= 15 is 0 Å². The summed E-state index contributed by atoms with van der Waals surface area (Å²) in [6.45, 7) is 0. The Morgan fingerprint density at radius 3 is 2.61 bits per heavy atom. The van der Waals surface area contributed by atoms with Gasteiger partial charge in [-0.25, -0.2) is 0 Å². The second-order valence-electron chi connectivity index (χ2n) is 3.54. The molecule has 2 N–H and O–H groups in total. The van der Waals surface area contributed by atoms with Crippen molar-refractivity contribution in [1.29, 1.82) is 0 Å². The summed E-state index contributed by atoms with van der Waals surface area (Å²) >= 11 is -0.250. The van der Waals surface area contributed by atoms with E-state index in [9.17, 15) is 9.90 Å². The van der Waals surface area contributed by atoms with Crippen molar-refractivity contribution < 1.29 is 19.7 Å². The van der Waals surface area contributed by atoms with Gasteiger partial charge in [0, 0.05) is 0 Å². The molecule has 1 unspecified atom stereocenters. The fourth-order valence-electron chi connectivity index (χ4n) is 1.34. The van der Waals surface area contributed by atoms with E-state index in [0.29, 0.717) is 11.3 Å². The van der Waals surface area contributed by atoms with Gasteiger partial charge in [0.15, 0.2) is 0 Å². The molecule has 1 aromatic carbocycles. The van der Waals surface area contributed by atoms with Crippen molar-refractivity contribution in [2.45, 2.75) is 0 Å². The number of carbonyl (C=O) groups is 1. The minimum absolute atomic E-state index is 0.0971. The predicted molar refractivity (Wildman–Crippen MR) is 69.2 cm³/mol. The van der Waals surface area contributed by atoms with E-state index in [0.717, 1.165) is 6.08 Å². The molecule has 0 spiro atoms. The average Bonchev–Trinajstić information content (AvgIpc) is 2.82. The molecule has 1 atom stereocenters. The zero-order chi connectivity index (χ0) is 13.0. The zero-order valence-corrected chi connectivity index (χ0v) is 11.4. The van der Waals surface area contributed by atoms with Crippen LogP contribution >= 0.6 is 0 Å². The number of carbonyl (C=O) groups excluding carboxylic acids is 1. The summed E-state index contributed by atoms with van der Waals surface area (Å²) in [5.41, 5.74) is 0.439. The van der Waals surface area contributed by atoms with Crippen LogP contribution in [0.1, 0.15) is 5.56 Å². The summed E-state index contributed by atoms with van der Waals surface area (Å²) in [6.07, 6.45) is 2.77. The molecule has 0 fully saturated rings. The Hall–Kier alpha value is -1.93. The Morgan fingerprint density at radius 1 is 1.28 bits per heavy atom.